The maximum atomic E-state index is 4.35. The van der Waals surface area contributed by atoms with Crippen LogP contribution in [0.15, 0.2) is 10.9 Å². The highest BCUT2D eigenvalue weighted by molar-refractivity contribution is 7.07. The zero-order valence-electron chi connectivity index (χ0n) is 10.9. The molecule has 17 heavy (non-hydrogen) atoms. The molecule has 1 aromatic heterocycles. The van der Waals surface area contributed by atoms with Crippen molar-refractivity contribution in [2.45, 2.75) is 38.6 Å². The lowest BCUT2D eigenvalue weighted by molar-refractivity contribution is 0.125. The molecule has 0 radical (unpaired) electrons. The summed E-state index contributed by atoms with van der Waals surface area (Å²) in [5, 5.41) is 5.86. The van der Waals surface area contributed by atoms with Gasteiger partial charge in [0.25, 0.3) is 0 Å². The molecule has 1 fully saturated rings. The summed E-state index contributed by atoms with van der Waals surface area (Å²) < 4.78 is 0. The maximum absolute atomic E-state index is 4.35. The predicted octanol–water partition coefficient (Wildman–Crippen LogP) is 2.15. The zero-order valence-corrected chi connectivity index (χ0v) is 11.7. The Morgan fingerprint density at radius 1 is 1.47 bits per heavy atom. The van der Waals surface area contributed by atoms with Crippen LogP contribution < -0.4 is 5.32 Å². The number of aromatic nitrogens is 1. The van der Waals surface area contributed by atoms with Gasteiger partial charge in [-0.25, -0.2) is 4.98 Å². The van der Waals surface area contributed by atoms with Crippen LogP contribution in [-0.4, -0.2) is 41.6 Å². The van der Waals surface area contributed by atoms with Gasteiger partial charge in [0.2, 0.25) is 0 Å². The lowest BCUT2D eigenvalue weighted by Crippen LogP contribution is -2.60. The van der Waals surface area contributed by atoms with Gasteiger partial charge >= 0.3 is 0 Å². The average Bonchev–Trinajstić information content (AvgIpc) is 2.90. The van der Waals surface area contributed by atoms with E-state index >= 15 is 0 Å². The van der Waals surface area contributed by atoms with Gasteiger partial charge in [0.05, 0.1) is 11.2 Å². The summed E-state index contributed by atoms with van der Waals surface area (Å²) >= 11 is 1.69. The average molecular weight is 253 g/mol. The minimum atomic E-state index is 0.348. The van der Waals surface area contributed by atoms with E-state index in [4.69, 9.17) is 0 Å². The molecule has 3 nitrogen and oxygen atoms in total. The van der Waals surface area contributed by atoms with E-state index in [1.54, 1.807) is 11.3 Å². The van der Waals surface area contributed by atoms with Crippen LogP contribution >= 0.6 is 11.3 Å². The van der Waals surface area contributed by atoms with Gasteiger partial charge in [-0.05, 0) is 12.8 Å². The Hall–Kier alpha value is -0.450. The number of nitrogens with one attached hydrogen (secondary N) is 1. The third kappa shape index (κ3) is 3.27. The molecular weight excluding hydrogens is 230 g/mol. The van der Waals surface area contributed by atoms with Crippen molar-refractivity contribution in [3.8, 4) is 0 Å². The SMILES string of the molecule is CCC1(CC)CN(CCc2cscn2)CCN1. The van der Waals surface area contributed by atoms with Crippen molar-refractivity contribution in [2.75, 3.05) is 26.2 Å². The van der Waals surface area contributed by atoms with Gasteiger partial charge < -0.3 is 5.32 Å². The second kappa shape index (κ2) is 5.94. The second-order valence-corrected chi connectivity index (χ2v) is 5.64. The van der Waals surface area contributed by atoms with Crippen LogP contribution in [0.1, 0.15) is 32.4 Å². The Morgan fingerprint density at radius 3 is 2.94 bits per heavy atom. The molecule has 0 atom stereocenters. The van der Waals surface area contributed by atoms with E-state index in [-0.39, 0.29) is 0 Å². The van der Waals surface area contributed by atoms with Crippen molar-refractivity contribution in [1.82, 2.24) is 15.2 Å². The smallest absolute Gasteiger partial charge is 0.0794 e. The van der Waals surface area contributed by atoms with Crippen molar-refractivity contribution in [3.05, 3.63) is 16.6 Å². The second-order valence-electron chi connectivity index (χ2n) is 4.92. The largest absolute Gasteiger partial charge is 0.309 e. The first-order valence-electron chi connectivity index (χ1n) is 6.62. The Kier molecular flexibility index (Phi) is 4.54. The van der Waals surface area contributed by atoms with E-state index in [9.17, 15) is 0 Å². The molecule has 1 aromatic rings. The standard InChI is InChI=1S/C13H23N3S/c1-3-13(4-2)10-16(8-6-15-13)7-5-12-9-17-11-14-12/h9,11,15H,3-8,10H2,1-2H3. The third-order valence-corrected chi connectivity index (χ3v) is 4.61. The van der Waals surface area contributed by atoms with Crippen molar-refractivity contribution in [2.24, 2.45) is 0 Å². The number of piperazine rings is 1. The molecule has 0 unspecified atom stereocenters. The van der Waals surface area contributed by atoms with Crippen LogP contribution in [0.5, 0.6) is 0 Å². The molecule has 1 saturated heterocycles. The number of hydrogen-bond donors (Lipinski definition) is 1. The topological polar surface area (TPSA) is 28.2 Å². The maximum Gasteiger partial charge on any atom is 0.0794 e. The van der Waals surface area contributed by atoms with Gasteiger partial charge in [0, 0.05) is 43.5 Å². The van der Waals surface area contributed by atoms with E-state index in [0.717, 1.165) is 19.5 Å². The summed E-state index contributed by atoms with van der Waals surface area (Å²) in [7, 11) is 0. The Bertz CT molecular complexity index is 319. The van der Waals surface area contributed by atoms with Crippen LogP contribution in [0.4, 0.5) is 0 Å². The Labute approximate surface area is 108 Å². The summed E-state index contributed by atoms with van der Waals surface area (Å²) in [6.45, 7) is 9.21. The van der Waals surface area contributed by atoms with Crippen LogP contribution in [0, 0.1) is 0 Å². The van der Waals surface area contributed by atoms with Crippen molar-refractivity contribution in [1.29, 1.82) is 0 Å². The fraction of sp³-hybridized carbons (Fsp3) is 0.769. The summed E-state index contributed by atoms with van der Waals surface area (Å²) in [4.78, 5) is 6.94. The van der Waals surface area contributed by atoms with Crippen molar-refractivity contribution in [3.63, 3.8) is 0 Å². The predicted molar refractivity (Wildman–Crippen MR) is 73.6 cm³/mol. The van der Waals surface area contributed by atoms with Gasteiger partial charge in [-0.1, -0.05) is 13.8 Å². The molecule has 0 bridgehead atoms. The first-order valence-corrected chi connectivity index (χ1v) is 7.57. The minimum absolute atomic E-state index is 0.348. The molecule has 2 rings (SSSR count). The molecule has 0 aliphatic carbocycles. The van der Waals surface area contributed by atoms with Gasteiger partial charge in [0.1, 0.15) is 0 Å². The van der Waals surface area contributed by atoms with Crippen molar-refractivity contribution >= 4 is 11.3 Å². The quantitative estimate of drug-likeness (QED) is 0.871. The highest BCUT2D eigenvalue weighted by Crippen LogP contribution is 2.20. The number of nitrogens with zero attached hydrogens (tertiary/aromatic N) is 2. The molecule has 2 heterocycles. The fourth-order valence-corrected chi connectivity index (χ4v) is 3.18. The number of thiazole rings is 1. The molecule has 0 saturated carbocycles. The summed E-state index contributed by atoms with van der Waals surface area (Å²) in [5.74, 6) is 0. The molecule has 1 aliphatic heterocycles. The molecule has 96 valence electrons. The summed E-state index contributed by atoms with van der Waals surface area (Å²) in [6, 6.07) is 0. The number of rotatable bonds is 5. The molecule has 1 N–H and O–H groups in total. The van der Waals surface area contributed by atoms with E-state index in [2.05, 4.69) is 34.4 Å². The van der Waals surface area contributed by atoms with E-state index in [0.29, 0.717) is 5.54 Å². The van der Waals surface area contributed by atoms with Gasteiger partial charge in [-0.3, -0.25) is 4.90 Å². The van der Waals surface area contributed by atoms with Gasteiger partial charge in [-0.15, -0.1) is 11.3 Å². The van der Waals surface area contributed by atoms with Crippen LogP contribution in [-0.2, 0) is 6.42 Å². The monoisotopic (exact) mass is 253 g/mol. The minimum Gasteiger partial charge on any atom is -0.309 e. The Balaban J connectivity index is 1.85. The fourth-order valence-electron chi connectivity index (χ4n) is 2.59. The van der Waals surface area contributed by atoms with Gasteiger partial charge in [0.15, 0.2) is 0 Å². The lowest BCUT2D eigenvalue weighted by atomic mass is 9.90. The first kappa shape index (κ1) is 13.0. The highest BCUT2D eigenvalue weighted by Gasteiger charge is 2.31. The van der Waals surface area contributed by atoms with Crippen LogP contribution in [0.3, 0.4) is 0 Å². The van der Waals surface area contributed by atoms with Gasteiger partial charge in [-0.2, -0.15) is 0 Å². The van der Waals surface area contributed by atoms with Crippen LogP contribution in [0.25, 0.3) is 0 Å². The summed E-state index contributed by atoms with van der Waals surface area (Å²) in [5.41, 5.74) is 3.52. The highest BCUT2D eigenvalue weighted by atomic mass is 32.1. The molecule has 0 spiro atoms. The van der Waals surface area contributed by atoms with E-state index < -0.39 is 0 Å². The third-order valence-electron chi connectivity index (χ3n) is 3.98. The normalized spacial score (nSPS) is 20.6. The van der Waals surface area contributed by atoms with E-state index in [1.165, 1.54) is 31.6 Å². The van der Waals surface area contributed by atoms with Crippen molar-refractivity contribution < 1.29 is 0 Å². The van der Waals surface area contributed by atoms with E-state index in [1.807, 2.05) is 5.51 Å². The molecular formula is C13H23N3S. The zero-order chi connectivity index (χ0) is 12.1. The Morgan fingerprint density at radius 2 is 2.29 bits per heavy atom. The molecule has 0 aromatic carbocycles. The number of hydrogen-bond acceptors (Lipinski definition) is 4. The molecule has 1 aliphatic rings. The first-order chi connectivity index (χ1) is 8.28. The summed E-state index contributed by atoms with van der Waals surface area (Å²) in [6.07, 6.45) is 3.53. The van der Waals surface area contributed by atoms with Crippen LogP contribution in [0.2, 0.25) is 0 Å². The molecule has 0 amide bonds. The lowest BCUT2D eigenvalue weighted by Gasteiger charge is -2.43. The molecule has 4 heteroatoms.